The predicted molar refractivity (Wildman–Crippen MR) is 80.0 cm³/mol. The third-order valence-corrected chi connectivity index (χ3v) is 3.90. The molecular weight excluding hydrogens is 324 g/mol. The summed E-state index contributed by atoms with van der Waals surface area (Å²) in [6.45, 7) is 3.67. The summed E-state index contributed by atoms with van der Waals surface area (Å²) in [6.07, 6.45) is -0.475. The van der Waals surface area contributed by atoms with Crippen LogP contribution in [0.15, 0.2) is 24.8 Å². The van der Waals surface area contributed by atoms with Gasteiger partial charge >= 0.3 is 0 Å². The molecule has 0 N–H and O–H groups in total. The lowest BCUT2D eigenvalue weighted by molar-refractivity contribution is 0.140. The van der Waals surface area contributed by atoms with Gasteiger partial charge in [0, 0.05) is 18.1 Å². The maximum atomic E-state index is 13.0. The third kappa shape index (κ3) is 4.46. The van der Waals surface area contributed by atoms with Crippen LogP contribution >= 0.6 is 0 Å². The minimum absolute atomic E-state index is 0.0928. The first-order valence-electron chi connectivity index (χ1n) is 7.59. The molecule has 0 saturated heterocycles. The van der Waals surface area contributed by atoms with Gasteiger partial charge in [0.05, 0.1) is 11.3 Å². The van der Waals surface area contributed by atoms with Crippen molar-refractivity contribution in [3.63, 3.8) is 0 Å². The van der Waals surface area contributed by atoms with Crippen molar-refractivity contribution in [3.8, 4) is 0 Å². The summed E-state index contributed by atoms with van der Waals surface area (Å²) in [6, 6.07) is 1.59. The number of aromatic nitrogens is 4. The lowest BCUT2D eigenvalue weighted by Crippen LogP contribution is -2.07. The number of hydrogen-bond acceptors (Lipinski definition) is 4. The average Bonchev–Trinajstić information content (AvgIpc) is 2.59. The summed E-state index contributed by atoms with van der Waals surface area (Å²) in [5, 5.41) is 0. The summed E-state index contributed by atoms with van der Waals surface area (Å²) in [5.41, 5.74) is 0.673. The summed E-state index contributed by atoms with van der Waals surface area (Å²) in [4.78, 5) is 15.0. The Kier molecular flexibility index (Phi) is 6.16. The van der Waals surface area contributed by atoms with Gasteiger partial charge in [-0.25, -0.2) is 37.5 Å². The second-order valence-electron chi connectivity index (χ2n) is 5.68. The van der Waals surface area contributed by atoms with Gasteiger partial charge in [-0.05, 0) is 30.7 Å². The predicted octanol–water partition coefficient (Wildman–Crippen LogP) is 4.83. The highest BCUT2D eigenvalue weighted by Crippen LogP contribution is 2.31. The van der Waals surface area contributed by atoms with Crippen LogP contribution in [0.5, 0.6) is 0 Å². The summed E-state index contributed by atoms with van der Waals surface area (Å²) < 4.78 is 51.3. The summed E-state index contributed by atoms with van der Waals surface area (Å²) >= 11 is 0. The largest absolute Gasteiger partial charge is 0.297 e. The van der Waals surface area contributed by atoms with Crippen molar-refractivity contribution in [1.82, 2.24) is 19.9 Å². The van der Waals surface area contributed by atoms with Crippen molar-refractivity contribution < 1.29 is 17.6 Å². The minimum Gasteiger partial charge on any atom is -0.244 e. The van der Waals surface area contributed by atoms with Crippen molar-refractivity contribution in [3.05, 3.63) is 47.6 Å². The van der Waals surface area contributed by atoms with Crippen LogP contribution in [0, 0.1) is 0 Å². The molecule has 0 aliphatic heterocycles. The van der Waals surface area contributed by atoms with Crippen LogP contribution in [0.2, 0.25) is 0 Å². The molecule has 0 amide bonds. The fourth-order valence-corrected chi connectivity index (χ4v) is 2.48. The number of hydrogen-bond donors (Lipinski definition) is 0. The van der Waals surface area contributed by atoms with E-state index in [9.17, 15) is 17.6 Å². The van der Waals surface area contributed by atoms with E-state index in [1.165, 1.54) is 12.5 Å². The van der Waals surface area contributed by atoms with Gasteiger partial charge in [0.15, 0.2) is 5.82 Å². The zero-order chi connectivity index (χ0) is 17.7. The van der Waals surface area contributed by atoms with Gasteiger partial charge in [0.1, 0.15) is 6.33 Å². The molecule has 0 radical (unpaired) electrons. The van der Waals surface area contributed by atoms with E-state index in [1.807, 2.05) is 13.8 Å². The molecular formula is C16H18F4N4. The van der Waals surface area contributed by atoms with Crippen molar-refractivity contribution in [1.29, 1.82) is 0 Å². The smallest absolute Gasteiger partial charge is 0.244 e. The molecule has 0 spiro atoms. The molecule has 0 saturated carbocycles. The van der Waals surface area contributed by atoms with E-state index >= 15 is 0 Å². The first-order valence-corrected chi connectivity index (χ1v) is 7.59. The Hall–Kier alpha value is -2.12. The Morgan fingerprint density at radius 3 is 2.33 bits per heavy atom. The Labute approximate surface area is 137 Å². The van der Waals surface area contributed by atoms with E-state index in [-0.39, 0.29) is 17.4 Å². The van der Waals surface area contributed by atoms with E-state index in [0.29, 0.717) is 24.2 Å². The lowest BCUT2D eigenvalue weighted by atomic mass is 9.92. The molecule has 0 aliphatic carbocycles. The van der Waals surface area contributed by atoms with Crippen molar-refractivity contribution in [2.45, 2.75) is 51.4 Å². The zero-order valence-corrected chi connectivity index (χ0v) is 13.3. The highest BCUT2D eigenvalue weighted by atomic mass is 19.3. The van der Waals surface area contributed by atoms with E-state index in [4.69, 9.17) is 0 Å². The van der Waals surface area contributed by atoms with E-state index in [2.05, 4.69) is 19.9 Å². The Morgan fingerprint density at radius 2 is 1.67 bits per heavy atom. The molecule has 2 aromatic rings. The number of alkyl halides is 4. The lowest BCUT2D eigenvalue weighted by Gasteiger charge is -2.17. The maximum Gasteiger partial charge on any atom is 0.297 e. The highest BCUT2D eigenvalue weighted by Gasteiger charge is 2.20. The summed E-state index contributed by atoms with van der Waals surface area (Å²) in [7, 11) is 0. The Balaban J connectivity index is 2.04. The van der Waals surface area contributed by atoms with Gasteiger partial charge in [-0.1, -0.05) is 13.8 Å². The molecule has 4 nitrogen and oxygen atoms in total. The second kappa shape index (κ2) is 8.12. The van der Waals surface area contributed by atoms with Crippen LogP contribution in [0.1, 0.15) is 74.2 Å². The molecule has 2 aromatic heterocycles. The first kappa shape index (κ1) is 18.2. The minimum atomic E-state index is -2.72. The quantitative estimate of drug-likeness (QED) is 0.676. The fourth-order valence-electron chi connectivity index (χ4n) is 2.48. The standard InChI is InChI=1S/C16H18F4N4/c1-9(12-5-6-22-16(24-12)15(19)20)3-4-10(2)13-11(14(17)18)7-21-8-23-13/h5-10,14-15H,3-4H2,1-2H3. The Morgan fingerprint density at radius 1 is 0.958 bits per heavy atom. The van der Waals surface area contributed by atoms with Crippen LogP contribution in [0.4, 0.5) is 17.6 Å². The van der Waals surface area contributed by atoms with E-state index < -0.39 is 18.7 Å². The molecule has 2 rings (SSSR count). The molecule has 2 unspecified atom stereocenters. The monoisotopic (exact) mass is 342 g/mol. The number of nitrogens with zero attached hydrogens (tertiary/aromatic N) is 4. The second-order valence-corrected chi connectivity index (χ2v) is 5.68. The van der Waals surface area contributed by atoms with Gasteiger partial charge in [-0.3, -0.25) is 0 Å². The zero-order valence-electron chi connectivity index (χ0n) is 13.3. The SMILES string of the molecule is CC(CCC(C)c1ncncc1C(F)F)c1ccnc(C(F)F)n1. The first-order chi connectivity index (χ1) is 11.4. The maximum absolute atomic E-state index is 13.0. The fraction of sp³-hybridized carbons (Fsp3) is 0.500. The van der Waals surface area contributed by atoms with Gasteiger partial charge < -0.3 is 0 Å². The molecule has 8 heteroatoms. The van der Waals surface area contributed by atoms with Crippen molar-refractivity contribution >= 4 is 0 Å². The topological polar surface area (TPSA) is 51.6 Å². The van der Waals surface area contributed by atoms with Crippen LogP contribution < -0.4 is 0 Å². The van der Waals surface area contributed by atoms with Crippen LogP contribution in [0.3, 0.4) is 0 Å². The molecule has 0 fully saturated rings. The molecule has 2 atom stereocenters. The van der Waals surface area contributed by atoms with Crippen LogP contribution in [0.25, 0.3) is 0 Å². The van der Waals surface area contributed by atoms with Gasteiger partial charge in [-0.15, -0.1) is 0 Å². The van der Waals surface area contributed by atoms with Crippen LogP contribution in [-0.2, 0) is 0 Å². The molecule has 2 heterocycles. The van der Waals surface area contributed by atoms with Crippen molar-refractivity contribution in [2.75, 3.05) is 0 Å². The van der Waals surface area contributed by atoms with E-state index in [0.717, 1.165) is 6.20 Å². The van der Waals surface area contributed by atoms with Gasteiger partial charge in [0.25, 0.3) is 12.9 Å². The molecule has 0 aromatic carbocycles. The third-order valence-electron chi connectivity index (χ3n) is 3.90. The molecule has 0 bridgehead atoms. The molecule has 130 valence electrons. The van der Waals surface area contributed by atoms with Gasteiger partial charge in [0.2, 0.25) is 0 Å². The molecule has 24 heavy (non-hydrogen) atoms. The Bertz CT molecular complexity index is 666. The van der Waals surface area contributed by atoms with Gasteiger partial charge in [-0.2, -0.15) is 0 Å². The summed E-state index contributed by atoms with van der Waals surface area (Å²) in [5.74, 6) is -0.788. The highest BCUT2D eigenvalue weighted by molar-refractivity contribution is 5.21. The number of rotatable bonds is 7. The number of halogens is 4. The van der Waals surface area contributed by atoms with E-state index in [1.54, 1.807) is 6.07 Å². The molecule has 0 aliphatic rings. The average molecular weight is 342 g/mol. The van der Waals surface area contributed by atoms with Crippen LogP contribution in [-0.4, -0.2) is 19.9 Å². The van der Waals surface area contributed by atoms with Crippen molar-refractivity contribution in [2.24, 2.45) is 0 Å². The normalized spacial score (nSPS) is 14.2.